The van der Waals surface area contributed by atoms with Crippen LogP contribution in [-0.2, 0) is 17.8 Å². The normalized spacial score (nSPS) is 10.6. The summed E-state index contributed by atoms with van der Waals surface area (Å²) in [4.78, 5) is 29.6. The van der Waals surface area contributed by atoms with E-state index in [1.165, 1.54) is 4.88 Å². The zero-order chi connectivity index (χ0) is 19.2. The van der Waals surface area contributed by atoms with Gasteiger partial charge in [-0.25, -0.2) is 0 Å². The van der Waals surface area contributed by atoms with Crippen molar-refractivity contribution in [2.24, 2.45) is 0 Å². The average molecular weight is 378 g/mol. The minimum atomic E-state index is -0.448. The number of ketones is 1. The molecule has 3 rings (SSSR count). The maximum Gasteiger partial charge on any atom is 0.295 e. The molecule has 3 aromatic rings. The molecule has 0 saturated heterocycles. The summed E-state index contributed by atoms with van der Waals surface area (Å²) in [6, 6.07) is 21.3. The van der Waals surface area contributed by atoms with Gasteiger partial charge in [0.2, 0.25) is 5.78 Å². The molecule has 2 aromatic carbocycles. The van der Waals surface area contributed by atoms with Gasteiger partial charge in [0.05, 0.1) is 6.54 Å². The molecular weight excluding hydrogens is 354 g/mol. The summed E-state index contributed by atoms with van der Waals surface area (Å²) in [5.41, 5.74) is 2.66. The van der Waals surface area contributed by atoms with Crippen LogP contribution in [0.5, 0.6) is 0 Å². The predicted octanol–water partition coefficient (Wildman–Crippen LogP) is 4.82. The molecule has 138 valence electrons. The van der Waals surface area contributed by atoms with Crippen molar-refractivity contribution in [3.8, 4) is 0 Å². The summed E-state index contributed by atoms with van der Waals surface area (Å²) in [6.45, 7) is 4.97. The number of nitrogens with zero attached hydrogens (tertiary/aromatic N) is 1. The van der Waals surface area contributed by atoms with Crippen molar-refractivity contribution < 1.29 is 9.59 Å². The van der Waals surface area contributed by atoms with Crippen LogP contribution in [0.2, 0.25) is 0 Å². The first-order valence-corrected chi connectivity index (χ1v) is 9.84. The first kappa shape index (κ1) is 19.1. The molecule has 0 spiro atoms. The van der Waals surface area contributed by atoms with E-state index in [0.717, 1.165) is 22.4 Å². The molecule has 1 amide bonds. The minimum absolute atomic E-state index is 0.442. The number of amides is 1. The lowest BCUT2D eigenvalue weighted by Crippen LogP contribution is -2.37. The fraction of sp³-hybridized carbons (Fsp3) is 0.217. The maximum absolute atomic E-state index is 12.9. The van der Waals surface area contributed by atoms with Crippen molar-refractivity contribution in [3.63, 3.8) is 0 Å². The van der Waals surface area contributed by atoms with Crippen LogP contribution in [0.3, 0.4) is 0 Å². The maximum atomic E-state index is 12.9. The smallest absolute Gasteiger partial charge is 0.295 e. The number of carbonyl (C=O) groups is 2. The summed E-state index contributed by atoms with van der Waals surface area (Å²) in [7, 11) is 0. The first-order chi connectivity index (χ1) is 13.0. The number of rotatable bonds is 7. The van der Waals surface area contributed by atoms with Crippen molar-refractivity contribution in [1.82, 2.24) is 4.90 Å². The Hall–Kier alpha value is -2.72. The Morgan fingerprint density at radius 2 is 1.59 bits per heavy atom. The van der Waals surface area contributed by atoms with Crippen LogP contribution < -0.4 is 0 Å². The molecule has 0 unspecified atom stereocenters. The fourth-order valence-electron chi connectivity index (χ4n) is 2.89. The number of aryl methyl sites for hydroxylation is 2. The van der Waals surface area contributed by atoms with Crippen LogP contribution >= 0.6 is 11.3 Å². The van der Waals surface area contributed by atoms with E-state index >= 15 is 0 Å². The first-order valence-electron chi connectivity index (χ1n) is 9.02. The largest absolute Gasteiger partial charge is 0.330 e. The van der Waals surface area contributed by atoms with Crippen LogP contribution in [0.4, 0.5) is 0 Å². The van der Waals surface area contributed by atoms with E-state index in [1.807, 2.05) is 68.4 Å². The molecule has 0 atom stereocenters. The lowest BCUT2D eigenvalue weighted by Gasteiger charge is -2.21. The molecule has 0 bridgehead atoms. The van der Waals surface area contributed by atoms with Gasteiger partial charge in [-0.1, -0.05) is 60.2 Å². The Bertz CT molecular complexity index is 913. The van der Waals surface area contributed by atoms with Crippen molar-refractivity contribution in [2.45, 2.75) is 26.8 Å². The molecule has 27 heavy (non-hydrogen) atoms. The molecule has 0 radical (unpaired) electrons. The summed E-state index contributed by atoms with van der Waals surface area (Å²) < 4.78 is 0. The van der Waals surface area contributed by atoms with Gasteiger partial charge in [-0.2, -0.15) is 0 Å². The van der Waals surface area contributed by atoms with Gasteiger partial charge in [-0.05, 0) is 38.0 Å². The summed E-state index contributed by atoms with van der Waals surface area (Å²) in [6.07, 6.45) is 0.720. The van der Waals surface area contributed by atoms with Crippen LogP contribution in [-0.4, -0.2) is 23.1 Å². The quantitative estimate of drug-likeness (QED) is 0.437. The van der Waals surface area contributed by atoms with E-state index in [0.29, 0.717) is 18.7 Å². The summed E-state index contributed by atoms with van der Waals surface area (Å²) in [5.74, 6) is -0.892. The molecule has 0 aliphatic rings. The Morgan fingerprint density at radius 1 is 0.889 bits per heavy atom. The molecule has 0 saturated carbocycles. The van der Waals surface area contributed by atoms with E-state index in [-0.39, 0.29) is 0 Å². The van der Waals surface area contributed by atoms with Gasteiger partial charge >= 0.3 is 0 Å². The third kappa shape index (κ3) is 5.14. The molecule has 0 aliphatic heterocycles. The Morgan fingerprint density at radius 3 is 2.22 bits per heavy atom. The number of thiophene rings is 1. The Balaban J connectivity index is 1.77. The number of carbonyl (C=O) groups excluding carboxylic acids is 2. The van der Waals surface area contributed by atoms with Crippen molar-refractivity contribution >= 4 is 23.0 Å². The highest BCUT2D eigenvalue weighted by Gasteiger charge is 2.23. The second-order valence-corrected chi connectivity index (χ2v) is 8.04. The van der Waals surface area contributed by atoms with Crippen LogP contribution in [0.15, 0.2) is 66.7 Å². The number of Topliss-reactive ketones (excluding diaryl/α,β-unsaturated/α-hetero) is 1. The molecule has 3 nitrogen and oxygen atoms in total. The number of hydrogen-bond acceptors (Lipinski definition) is 3. The summed E-state index contributed by atoms with van der Waals surface area (Å²) in [5, 5.41) is 0. The molecule has 1 aromatic heterocycles. The van der Waals surface area contributed by atoms with Gasteiger partial charge in [-0.3, -0.25) is 9.59 Å². The third-order valence-corrected chi connectivity index (χ3v) is 5.44. The monoisotopic (exact) mass is 377 g/mol. The lowest BCUT2D eigenvalue weighted by molar-refractivity contribution is -0.127. The molecule has 0 N–H and O–H groups in total. The van der Waals surface area contributed by atoms with E-state index in [2.05, 4.69) is 0 Å². The van der Waals surface area contributed by atoms with Crippen molar-refractivity contribution in [3.05, 3.63) is 93.2 Å². The van der Waals surface area contributed by atoms with Gasteiger partial charge in [0.1, 0.15) is 0 Å². The average Bonchev–Trinajstić information content (AvgIpc) is 3.10. The second-order valence-electron chi connectivity index (χ2n) is 6.67. The third-order valence-electron chi connectivity index (χ3n) is 4.45. The number of hydrogen-bond donors (Lipinski definition) is 0. The van der Waals surface area contributed by atoms with Gasteiger partial charge in [0, 0.05) is 21.9 Å². The SMILES string of the molecule is Cc1ccc(C(=O)C(=O)N(CCc2ccccc2)Cc2ccc(C)s2)cc1. The van der Waals surface area contributed by atoms with E-state index < -0.39 is 11.7 Å². The molecule has 4 heteroatoms. The lowest BCUT2D eigenvalue weighted by atomic mass is 10.1. The van der Waals surface area contributed by atoms with E-state index in [9.17, 15) is 9.59 Å². The standard InChI is InChI=1S/C23H23NO2S/c1-17-8-11-20(12-9-17)22(25)23(26)24(16-21-13-10-18(2)27-21)15-14-19-6-4-3-5-7-19/h3-13H,14-16H2,1-2H3. The predicted molar refractivity (Wildman–Crippen MR) is 110 cm³/mol. The highest BCUT2D eigenvalue weighted by atomic mass is 32.1. The molecule has 1 heterocycles. The minimum Gasteiger partial charge on any atom is -0.330 e. The van der Waals surface area contributed by atoms with Crippen LogP contribution in [0.1, 0.15) is 31.2 Å². The van der Waals surface area contributed by atoms with Crippen LogP contribution in [0, 0.1) is 13.8 Å². The van der Waals surface area contributed by atoms with Gasteiger partial charge < -0.3 is 4.90 Å². The zero-order valence-electron chi connectivity index (χ0n) is 15.6. The molecule has 0 aliphatic carbocycles. The molecule has 0 fully saturated rings. The molecular formula is C23H23NO2S. The zero-order valence-corrected chi connectivity index (χ0v) is 16.5. The van der Waals surface area contributed by atoms with Gasteiger partial charge in [0.25, 0.3) is 5.91 Å². The Kier molecular flexibility index (Phi) is 6.20. The topological polar surface area (TPSA) is 37.4 Å². The van der Waals surface area contributed by atoms with Gasteiger partial charge in [0.15, 0.2) is 0 Å². The fourth-order valence-corrected chi connectivity index (χ4v) is 3.80. The van der Waals surface area contributed by atoms with Crippen LogP contribution in [0.25, 0.3) is 0 Å². The van der Waals surface area contributed by atoms with Crippen molar-refractivity contribution in [1.29, 1.82) is 0 Å². The van der Waals surface area contributed by atoms with Crippen molar-refractivity contribution in [2.75, 3.05) is 6.54 Å². The Labute approximate surface area is 164 Å². The van der Waals surface area contributed by atoms with E-state index in [1.54, 1.807) is 28.4 Å². The number of benzene rings is 2. The highest BCUT2D eigenvalue weighted by Crippen LogP contribution is 2.18. The van der Waals surface area contributed by atoms with E-state index in [4.69, 9.17) is 0 Å². The second kappa shape index (κ2) is 8.78. The van der Waals surface area contributed by atoms with Gasteiger partial charge in [-0.15, -0.1) is 11.3 Å². The highest BCUT2D eigenvalue weighted by molar-refractivity contribution is 7.11. The summed E-state index contributed by atoms with van der Waals surface area (Å²) >= 11 is 1.66.